The van der Waals surface area contributed by atoms with Gasteiger partial charge in [-0.3, -0.25) is 0 Å². The molecule has 3 aromatic rings. The Morgan fingerprint density at radius 3 is 2.52 bits per heavy atom. The van der Waals surface area contributed by atoms with Crippen LogP contribution < -0.4 is 16.2 Å². The fourth-order valence-electron chi connectivity index (χ4n) is 2.47. The van der Waals surface area contributed by atoms with Gasteiger partial charge in [-0.05, 0) is 30.2 Å². The number of ether oxygens (including phenoxy) is 1. The van der Waals surface area contributed by atoms with Crippen LogP contribution in [0.25, 0.3) is 11.0 Å². The number of nitrogens with one attached hydrogen (secondary N) is 1. The zero-order valence-corrected chi connectivity index (χ0v) is 12.0. The lowest BCUT2D eigenvalue weighted by molar-refractivity contribution is 0.414. The van der Waals surface area contributed by atoms with E-state index in [4.69, 9.17) is 16.2 Å². The van der Waals surface area contributed by atoms with E-state index >= 15 is 0 Å². The summed E-state index contributed by atoms with van der Waals surface area (Å²) in [5.41, 5.74) is 15.5. The average molecular weight is 283 g/mol. The highest BCUT2D eigenvalue weighted by molar-refractivity contribution is 5.91. The Bertz CT molecular complexity index is 792. The van der Waals surface area contributed by atoms with Crippen molar-refractivity contribution in [1.82, 2.24) is 15.0 Å². The Kier molecular flexibility index (Phi) is 3.13. The topological polar surface area (TPSA) is 103 Å². The largest absolute Gasteiger partial charge is 0.497 e. The van der Waals surface area contributed by atoms with Gasteiger partial charge in [-0.1, -0.05) is 12.1 Å². The quantitative estimate of drug-likeness (QED) is 0.682. The van der Waals surface area contributed by atoms with Gasteiger partial charge in [0.05, 0.1) is 12.5 Å². The molecule has 6 nitrogen and oxygen atoms in total. The summed E-state index contributed by atoms with van der Waals surface area (Å²) in [6, 6.07) is 7.96. The van der Waals surface area contributed by atoms with E-state index < -0.39 is 0 Å². The molecule has 0 amide bonds. The van der Waals surface area contributed by atoms with E-state index in [1.54, 1.807) is 7.11 Å². The van der Waals surface area contributed by atoms with E-state index in [2.05, 4.69) is 15.0 Å². The van der Waals surface area contributed by atoms with Crippen molar-refractivity contribution in [2.45, 2.75) is 13.3 Å². The SMILES string of the molecule is COc1ccc(Cc2[nH]c3nc(N)nc(N)c3c2C)cc1. The molecule has 5 N–H and O–H groups in total. The monoisotopic (exact) mass is 283 g/mol. The number of aromatic nitrogens is 3. The number of methoxy groups -OCH3 is 1. The summed E-state index contributed by atoms with van der Waals surface area (Å²) < 4.78 is 5.16. The number of hydrogen-bond donors (Lipinski definition) is 3. The lowest BCUT2D eigenvalue weighted by Crippen LogP contribution is -1.99. The summed E-state index contributed by atoms with van der Waals surface area (Å²) in [5, 5.41) is 0.840. The predicted molar refractivity (Wildman–Crippen MR) is 83.3 cm³/mol. The zero-order chi connectivity index (χ0) is 15.0. The van der Waals surface area contributed by atoms with Crippen molar-refractivity contribution in [1.29, 1.82) is 0 Å². The Balaban J connectivity index is 2.00. The summed E-state index contributed by atoms with van der Waals surface area (Å²) in [5.74, 6) is 1.43. The molecule has 0 aliphatic heterocycles. The van der Waals surface area contributed by atoms with Crippen LogP contribution in [0.1, 0.15) is 16.8 Å². The summed E-state index contributed by atoms with van der Waals surface area (Å²) >= 11 is 0. The standard InChI is InChI=1S/C15H17N5O/c1-8-11(7-9-3-5-10(21-2)6-4-9)18-14-12(8)13(16)19-15(17)20-14/h3-6H,7H2,1-2H3,(H5,16,17,18,19,20). The van der Waals surface area contributed by atoms with Crippen molar-refractivity contribution in [3.8, 4) is 5.75 Å². The fourth-order valence-corrected chi connectivity index (χ4v) is 2.47. The molecular weight excluding hydrogens is 266 g/mol. The summed E-state index contributed by atoms with van der Waals surface area (Å²) in [6.07, 6.45) is 0.755. The number of nitrogen functional groups attached to an aromatic ring is 2. The van der Waals surface area contributed by atoms with Crippen LogP contribution in [-0.4, -0.2) is 22.1 Å². The molecule has 1 aromatic carbocycles. The van der Waals surface area contributed by atoms with Crippen molar-refractivity contribution < 1.29 is 4.74 Å². The Morgan fingerprint density at radius 1 is 1.14 bits per heavy atom. The van der Waals surface area contributed by atoms with Crippen molar-refractivity contribution >= 4 is 22.8 Å². The smallest absolute Gasteiger partial charge is 0.223 e. The highest BCUT2D eigenvalue weighted by atomic mass is 16.5. The van der Waals surface area contributed by atoms with E-state index in [0.717, 1.165) is 28.8 Å². The number of aromatic amines is 1. The van der Waals surface area contributed by atoms with E-state index in [-0.39, 0.29) is 5.95 Å². The molecule has 0 aliphatic rings. The minimum Gasteiger partial charge on any atom is -0.497 e. The molecule has 0 saturated heterocycles. The molecule has 108 valence electrons. The number of H-pyrrole nitrogens is 1. The van der Waals surface area contributed by atoms with Gasteiger partial charge in [0.2, 0.25) is 5.95 Å². The van der Waals surface area contributed by atoms with E-state index in [1.807, 2.05) is 31.2 Å². The first-order chi connectivity index (χ1) is 10.1. The van der Waals surface area contributed by atoms with Gasteiger partial charge in [-0.25, -0.2) is 0 Å². The zero-order valence-electron chi connectivity index (χ0n) is 12.0. The van der Waals surface area contributed by atoms with Crippen molar-refractivity contribution in [2.75, 3.05) is 18.6 Å². The van der Waals surface area contributed by atoms with Gasteiger partial charge in [0.25, 0.3) is 0 Å². The highest BCUT2D eigenvalue weighted by Gasteiger charge is 2.13. The molecule has 21 heavy (non-hydrogen) atoms. The van der Waals surface area contributed by atoms with Crippen LogP contribution in [0.2, 0.25) is 0 Å². The van der Waals surface area contributed by atoms with Crippen LogP contribution in [0.5, 0.6) is 5.75 Å². The van der Waals surface area contributed by atoms with Crippen LogP contribution in [0.15, 0.2) is 24.3 Å². The molecule has 2 heterocycles. The third kappa shape index (κ3) is 2.35. The Morgan fingerprint density at radius 2 is 1.86 bits per heavy atom. The predicted octanol–water partition coefficient (Wildman–Crippen LogP) is 2.03. The molecular formula is C15H17N5O. The summed E-state index contributed by atoms with van der Waals surface area (Å²) in [7, 11) is 1.66. The maximum Gasteiger partial charge on any atom is 0.223 e. The van der Waals surface area contributed by atoms with Crippen LogP contribution in [-0.2, 0) is 6.42 Å². The van der Waals surface area contributed by atoms with Crippen molar-refractivity contribution in [2.24, 2.45) is 0 Å². The normalized spacial score (nSPS) is 11.0. The lowest BCUT2D eigenvalue weighted by Gasteiger charge is -2.03. The molecule has 0 spiro atoms. The highest BCUT2D eigenvalue weighted by Crippen LogP contribution is 2.27. The molecule has 0 unspecified atom stereocenters. The Hall–Kier alpha value is -2.76. The third-order valence-electron chi connectivity index (χ3n) is 3.59. The van der Waals surface area contributed by atoms with E-state index in [0.29, 0.717) is 11.5 Å². The van der Waals surface area contributed by atoms with Crippen LogP contribution in [0, 0.1) is 6.92 Å². The second kappa shape index (κ2) is 4.97. The third-order valence-corrected chi connectivity index (χ3v) is 3.59. The van der Waals surface area contributed by atoms with Gasteiger partial charge in [0.1, 0.15) is 17.2 Å². The minimum absolute atomic E-state index is 0.178. The van der Waals surface area contributed by atoms with Crippen LogP contribution >= 0.6 is 0 Å². The first-order valence-corrected chi connectivity index (χ1v) is 6.61. The number of benzene rings is 1. The molecule has 0 saturated carbocycles. The second-order valence-electron chi connectivity index (χ2n) is 4.94. The van der Waals surface area contributed by atoms with Gasteiger partial charge in [0, 0.05) is 12.1 Å². The molecule has 0 atom stereocenters. The maximum absolute atomic E-state index is 5.93. The lowest BCUT2D eigenvalue weighted by atomic mass is 10.1. The fraction of sp³-hybridized carbons (Fsp3) is 0.200. The molecule has 3 rings (SSSR count). The second-order valence-corrected chi connectivity index (χ2v) is 4.94. The average Bonchev–Trinajstić information content (AvgIpc) is 2.76. The van der Waals surface area contributed by atoms with E-state index in [1.165, 1.54) is 5.56 Å². The number of rotatable bonds is 3. The number of hydrogen-bond acceptors (Lipinski definition) is 5. The molecule has 0 radical (unpaired) electrons. The maximum atomic E-state index is 5.93. The molecule has 0 bridgehead atoms. The number of fused-ring (bicyclic) bond motifs is 1. The minimum atomic E-state index is 0.178. The molecule has 6 heteroatoms. The number of nitrogens with two attached hydrogens (primary N) is 2. The number of nitrogens with zero attached hydrogens (tertiary/aromatic N) is 2. The molecule has 0 fully saturated rings. The van der Waals surface area contributed by atoms with Crippen molar-refractivity contribution in [3.63, 3.8) is 0 Å². The van der Waals surface area contributed by atoms with Gasteiger partial charge >= 0.3 is 0 Å². The number of aryl methyl sites for hydroxylation is 1. The Labute approximate surface area is 122 Å². The summed E-state index contributed by atoms with van der Waals surface area (Å²) in [4.78, 5) is 11.5. The van der Waals surface area contributed by atoms with Crippen molar-refractivity contribution in [3.05, 3.63) is 41.1 Å². The van der Waals surface area contributed by atoms with Gasteiger partial charge < -0.3 is 21.2 Å². The molecule has 2 aromatic heterocycles. The first-order valence-electron chi connectivity index (χ1n) is 6.61. The van der Waals surface area contributed by atoms with Gasteiger partial charge in [-0.2, -0.15) is 9.97 Å². The van der Waals surface area contributed by atoms with Gasteiger partial charge in [0.15, 0.2) is 0 Å². The van der Waals surface area contributed by atoms with E-state index in [9.17, 15) is 0 Å². The van der Waals surface area contributed by atoms with Crippen LogP contribution in [0.3, 0.4) is 0 Å². The van der Waals surface area contributed by atoms with Crippen LogP contribution in [0.4, 0.5) is 11.8 Å². The molecule has 0 aliphatic carbocycles. The summed E-state index contributed by atoms with van der Waals surface area (Å²) in [6.45, 7) is 2.01. The van der Waals surface area contributed by atoms with Gasteiger partial charge in [-0.15, -0.1) is 0 Å². The first kappa shape index (κ1) is 13.2. The number of anilines is 2.